The Hall–Kier alpha value is 0.0500. The second-order valence-electron chi connectivity index (χ2n) is 6.15. The number of benzene rings is 1. The van der Waals surface area contributed by atoms with Crippen LogP contribution in [0.1, 0.15) is 24.8 Å². The Kier molecular flexibility index (Phi) is 8.38. The maximum atomic E-state index is 6.12. The summed E-state index contributed by atoms with van der Waals surface area (Å²) in [6, 6.07) is 11.3. The monoisotopic (exact) mass is 361 g/mol. The first-order valence-electron chi connectivity index (χ1n) is 8.26. The third kappa shape index (κ3) is 5.03. The molecule has 0 amide bonds. The van der Waals surface area contributed by atoms with E-state index < -0.39 is 0 Å². The molecular formula is C18H26Cl3N. The average Bonchev–Trinajstić information content (AvgIpc) is 2.54. The molecule has 0 radical (unpaired) electrons. The molecule has 1 nitrogen and oxygen atoms in total. The molecule has 0 bridgehead atoms. The molecule has 3 unspecified atom stereocenters. The number of alkyl halides is 3. The fourth-order valence-corrected chi connectivity index (χ4v) is 4.61. The molecule has 2 rings (SSSR count). The summed E-state index contributed by atoms with van der Waals surface area (Å²) in [5, 5.41) is 0. The molecule has 1 heterocycles. The van der Waals surface area contributed by atoms with Crippen molar-refractivity contribution in [2.24, 2.45) is 11.8 Å². The van der Waals surface area contributed by atoms with Crippen molar-refractivity contribution in [1.82, 2.24) is 4.90 Å². The summed E-state index contributed by atoms with van der Waals surface area (Å²) < 4.78 is 0. The summed E-state index contributed by atoms with van der Waals surface area (Å²) in [4.78, 5) is 2.54. The molecule has 1 fully saturated rings. The van der Waals surface area contributed by atoms with E-state index in [-0.39, 0.29) is 0 Å². The molecule has 1 aromatic rings. The van der Waals surface area contributed by atoms with E-state index in [9.17, 15) is 0 Å². The molecule has 0 saturated carbocycles. The van der Waals surface area contributed by atoms with Crippen molar-refractivity contribution in [2.75, 3.05) is 30.7 Å². The SMILES string of the molecule is ClCCC1C(Cc2ccccc2)CCN(CCCl)C1CCCl. The van der Waals surface area contributed by atoms with Crippen molar-refractivity contribution in [3.05, 3.63) is 35.9 Å². The highest BCUT2D eigenvalue weighted by Crippen LogP contribution is 2.36. The molecule has 0 aliphatic carbocycles. The van der Waals surface area contributed by atoms with Gasteiger partial charge in [-0.15, -0.1) is 34.8 Å². The minimum atomic E-state index is 0.525. The van der Waals surface area contributed by atoms with Gasteiger partial charge in [0.2, 0.25) is 0 Å². The second-order valence-corrected chi connectivity index (χ2v) is 7.28. The van der Waals surface area contributed by atoms with Gasteiger partial charge in [0, 0.05) is 30.2 Å². The number of halogens is 3. The summed E-state index contributed by atoms with van der Waals surface area (Å²) >= 11 is 18.2. The predicted molar refractivity (Wildman–Crippen MR) is 98.5 cm³/mol. The molecule has 1 aromatic carbocycles. The van der Waals surface area contributed by atoms with Gasteiger partial charge in [0.25, 0.3) is 0 Å². The van der Waals surface area contributed by atoms with Gasteiger partial charge in [-0.3, -0.25) is 4.90 Å². The van der Waals surface area contributed by atoms with Crippen molar-refractivity contribution in [2.45, 2.75) is 31.7 Å². The lowest BCUT2D eigenvalue weighted by Gasteiger charge is -2.46. The third-order valence-corrected chi connectivity index (χ3v) is 5.52. The van der Waals surface area contributed by atoms with E-state index in [0.717, 1.165) is 38.2 Å². The minimum absolute atomic E-state index is 0.525. The van der Waals surface area contributed by atoms with Crippen molar-refractivity contribution in [1.29, 1.82) is 0 Å². The van der Waals surface area contributed by atoms with Crippen LogP contribution in [-0.2, 0) is 6.42 Å². The summed E-state index contributed by atoms with van der Waals surface area (Å²) in [6.45, 7) is 2.09. The maximum Gasteiger partial charge on any atom is 0.0351 e. The molecule has 3 atom stereocenters. The molecule has 1 saturated heterocycles. The molecule has 22 heavy (non-hydrogen) atoms. The van der Waals surface area contributed by atoms with Gasteiger partial charge in [0.15, 0.2) is 0 Å². The smallest absolute Gasteiger partial charge is 0.0351 e. The van der Waals surface area contributed by atoms with Crippen LogP contribution in [-0.4, -0.2) is 41.7 Å². The Labute approximate surface area is 149 Å². The number of rotatable bonds is 8. The quantitative estimate of drug-likeness (QED) is 0.586. The normalized spacial score (nSPS) is 26.2. The van der Waals surface area contributed by atoms with Gasteiger partial charge >= 0.3 is 0 Å². The third-order valence-electron chi connectivity index (χ3n) is 4.92. The number of hydrogen-bond acceptors (Lipinski definition) is 1. The van der Waals surface area contributed by atoms with Crippen molar-refractivity contribution in [3.8, 4) is 0 Å². The Bertz CT molecular complexity index is 412. The van der Waals surface area contributed by atoms with Crippen molar-refractivity contribution >= 4 is 34.8 Å². The van der Waals surface area contributed by atoms with E-state index >= 15 is 0 Å². The molecule has 0 spiro atoms. The molecule has 124 valence electrons. The van der Waals surface area contributed by atoms with E-state index in [4.69, 9.17) is 34.8 Å². The predicted octanol–water partition coefficient (Wildman–Crippen LogP) is 5.03. The largest absolute Gasteiger partial charge is 0.299 e. The highest BCUT2D eigenvalue weighted by molar-refractivity contribution is 6.18. The molecule has 1 aliphatic heterocycles. The minimum Gasteiger partial charge on any atom is -0.299 e. The van der Waals surface area contributed by atoms with Crippen LogP contribution < -0.4 is 0 Å². The van der Waals surface area contributed by atoms with Gasteiger partial charge in [-0.1, -0.05) is 30.3 Å². The maximum absolute atomic E-state index is 6.12. The van der Waals surface area contributed by atoms with Crippen molar-refractivity contribution < 1.29 is 0 Å². The Morgan fingerprint density at radius 2 is 1.68 bits per heavy atom. The number of piperidine rings is 1. The summed E-state index contributed by atoms with van der Waals surface area (Å²) in [5.74, 6) is 3.44. The van der Waals surface area contributed by atoms with Crippen LogP contribution in [0.3, 0.4) is 0 Å². The van der Waals surface area contributed by atoms with Gasteiger partial charge < -0.3 is 0 Å². The van der Waals surface area contributed by atoms with Crippen LogP contribution in [0.15, 0.2) is 30.3 Å². The van der Waals surface area contributed by atoms with Gasteiger partial charge in [0.1, 0.15) is 0 Å². The van der Waals surface area contributed by atoms with Crippen LogP contribution in [0, 0.1) is 11.8 Å². The average molecular weight is 363 g/mol. The standard InChI is InChI=1S/C18H26Cl3N/c19-9-6-17-16(14-15-4-2-1-3-5-15)8-12-22(13-11-21)18(17)7-10-20/h1-5,16-18H,6-14H2. The Balaban J connectivity index is 2.11. The van der Waals surface area contributed by atoms with Crippen LogP contribution in [0.4, 0.5) is 0 Å². The zero-order chi connectivity index (χ0) is 15.8. The Morgan fingerprint density at radius 3 is 2.32 bits per heavy atom. The van der Waals surface area contributed by atoms with Crippen molar-refractivity contribution in [3.63, 3.8) is 0 Å². The van der Waals surface area contributed by atoms with Gasteiger partial charge in [0.05, 0.1) is 0 Å². The molecule has 0 aromatic heterocycles. The van der Waals surface area contributed by atoms with Crippen LogP contribution >= 0.6 is 34.8 Å². The highest BCUT2D eigenvalue weighted by Gasteiger charge is 2.36. The fourth-order valence-electron chi connectivity index (χ4n) is 3.92. The summed E-state index contributed by atoms with van der Waals surface area (Å²) in [6.07, 6.45) is 4.48. The van der Waals surface area contributed by atoms with E-state index in [2.05, 4.69) is 35.2 Å². The van der Waals surface area contributed by atoms with Gasteiger partial charge in [-0.25, -0.2) is 0 Å². The summed E-state index contributed by atoms with van der Waals surface area (Å²) in [5.41, 5.74) is 1.43. The topological polar surface area (TPSA) is 3.24 Å². The number of nitrogens with zero attached hydrogens (tertiary/aromatic N) is 1. The first-order chi connectivity index (χ1) is 10.8. The number of likely N-dealkylation sites (tertiary alicyclic amines) is 1. The zero-order valence-electron chi connectivity index (χ0n) is 13.1. The molecule has 1 aliphatic rings. The van der Waals surface area contributed by atoms with Gasteiger partial charge in [-0.05, 0) is 49.6 Å². The zero-order valence-corrected chi connectivity index (χ0v) is 15.3. The van der Waals surface area contributed by atoms with Crippen LogP contribution in [0.5, 0.6) is 0 Å². The van der Waals surface area contributed by atoms with E-state index in [0.29, 0.717) is 29.6 Å². The molecule has 4 heteroatoms. The lowest BCUT2D eigenvalue weighted by molar-refractivity contribution is 0.0485. The number of hydrogen-bond donors (Lipinski definition) is 0. The lowest BCUT2D eigenvalue weighted by Crippen LogP contribution is -2.50. The first kappa shape index (κ1) is 18.4. The van der Waals surface area contributed by atoms with E-state index in [1.807, 2.05) is 0 Å². The van der Waals surface area contributed by atoms with Crippen LogP contribution in [0.2, 0.25) is 0 Å². The van der Waals surface area contributed by atoms with E-state index in [1.54, 1.807) is 0 Å². The Morgan fingerprint density at radius 1 is 0.955 bits per heavy atom. The first-order valence-corrected chi connectivity index (χ1v) is 9.86. The molecule has 0 N–H and O–H groups in total. The molecular weight excluding hydrogens is 337 g/mol. The summed E-state index contributed by atoms with van der Waals surface area (Å²) in [7, 11) is 0. The second kappa shape index (κ2) is 10.0. The van der Waals surface area contributed by atoms with Gasteiger partial charge in [-0.2, -0.15) is 0 Å². The van der Waals surface area contributed by atoms with Crippen LogP contribution in [0.25, 0.3) is 0 Å². The highest BCUT2D eigenvalue weighted by atomic mass is 35.5. The lowest BCUT2D eigenvalue weighted by atomic mass is 9.74. The van der Waals surface area contributed by atoms with E-state index in [1.165, 1.54) is 12.0 Å². The fraction of sp³-hybridized carbons (Fsp3) is 0.667.